The summed E-state index contributed by atoms with van der Waals surface area (Å²) >= 11 is 0. The summed E-state index contributed by atoms with van der Waals surface area (Å²) in [4.78, 5) is 0. The number of alkyl halides is 1. The van der Waals surface area contributed by atoms with Crippen molar-refractivity contribution in [2.24, 2.45) is 0 Å². The lowest BCUT2D eigenvalue weighted by Crippen LogP contribution is -2.30. The Balaban J connectivity index is 4.06. The van der Waals surface area contributed by atoms with Crippen molar-refractivity contribution in [1.82, 2.24) is 0 Å². The zero-order valence-corrected chi connectivity index (χ0v) is 9.73. The van der Waals surface area contributed by atoms with Crippen LogP contribution >= 0.6 is 0 Å². The van der Waals surface area contributed by atoms with Crippen molar-refractivity contribution in [3.63, 3.8) is 0 Å². The topological polar surface area (TPSA) is 52.6 Å². The van der Waals surface area contributed by atoms with Crippen molar-refractivity contribution in [1.29, 1.82) is 0 Å². The molecule has 0 saturated carbocycles. The molecular formula is C8H17FO4S. The van der Waals surface area contributed by atoms with Crippen LogP contribution in [0.2, 0.25) is 0 Å². The third-order valence-corrected chi connectivity index (χ3v) is 1.81. The Morgan fingerprint density at radius 1 is 1.36 bits per heavy atom. The van der Waals surface area contributed by atoms with Crippen LogP contribution in [0.3, 0.4) is 0 Å². The molecule has 1 unspecified atom stereocenters. The Hall–Kier alpha value is -0.200. The summed E-state index contributed by atoms with van der Waals surface area (Å²) in [7, 11) is -3.62. The third-order valence-electron chi connectivity index (χ3n) is 1.19. The molecule has 0 rings (SSSR count). The van der Waals surface area contributed by atoms with Crippen molar-refractivity contribution in [3.05, 3.63) is 0 Å². The lowest BCUT2D eigenvalue weighted by atomic mass is 10.2. The van der Waals surface area contributed by atoms with Gasteiger partial charge in [-0.2, -0.15) is 8.42 Å². The largest absolute Gasteiger partial charge is 0.373 e. The molecule has 0 aromatic rings. The average molecular weight is 228 g/mol. The summed E-state index contributed by atoms with van der Waals surface area (Å²) in [5, 5.41) is 0. The molecule has 86 valence electrons. The van der Waals surface area contributed by atoms with Gasteiger partial charge < -0.3 is 4.74 Å². The van der Waals surface area contributed by atoms with E-state index in [4.69, 9.17) is 4.74 Å². The fraction of sp³-hybridized carbons (Fsp3) is 1.00. The van der Waals surface area contributed by atoms with Gasteiger partial charge >= 0.3 is 0 Å². The smallest absolute Gasteiger partial charge is 0.264 e. The number of hydrogen-bond donors (Lipinski definition) is 0. The van der Waals surface area contributed by atoms with Crippen molar-refractivity contribution >= 4 is 10.1 Å². The monoisotopic (exact) mass is 228 g/mol. The van der Waals surface area contributed by atoms with Gasteiger partial charge in [0.1, 0.15) is 12.8 Å². The number of halogens is 1. The van der Waals surface area contributed by atoms with Crippen LogP contribution in [0.1, 0.15) is 20.8 Å². The highest BCUT2D eigenvalue weighted by molar-refractivity contribution is 7.86. The minimum absolute atomic E-state index is 0.0763. The minimum Gasteiger partial charge on any atom is -0.373 e. The predicted molar refractivity (Wildman–Crippen MR) is 51.4 cm³/mol. The molecule has 0 aliphatic rings. The van der Waals surface area contributed by atoms with E-state index in [2.05, 4.69) is 4.18 Å². The van der Waals surface area contributed by atoms with Gasteiger partial charge in [-0.3, -0.25) is 4.18 Å². The van der Waals surface area contributed by atoms with Crippen LogP contribution in [0.5, 0.6) is 0 Å². The van der Waals surface area contributed by atoms with Crippen LogP contribution < -0.4 is 0 Å². The Bertz CT molecular complexity index is 255. The van der Waals surface area contributed by atoms with Crippen molar-refractivity contribution in [3.8, 4) is 0 Å². The molecule has 0 aromatic carbocycles. The summed E-state index contributed by atoms with van der Waals surface area (Å²) in [5.41, 5.74) is -0.436. The fourth-order valence-corrected chi connectivity index (χ4v) is 1.29. The molecule has 0 aliphatic heterocycles. The first kappa shape index (κ1) is 13.8. The zero-order valence-electron chi connectivity index (χ0n) is 8.91. The van der Waals surface area contributed by atoms with Crippen LogP contribution in [0, 0.1) is 0 Å². The Morgan fingerprint density at radius 2 is 1.86 bits per heavy atom. The second-order valence-electron chi connectivity index (χ2n) is 4.00. The molecule has 0 aromatic heterocycles. The molecule has 6 heteroatoms. The van der Waals surface area contributed by atoms with Gasteiger partial charge in [-0.1, -0.05) is 0 Å². The third kappa shape index (κ3) is 8.40. The molecule has 4 nitrogen and oxygen atoms in total. The number of rotatable bonds is 5. The molecular weight excluding hydrogens is 211 g/mol. The number of hydrogen-bond acceptors (Lipinski definition) is 4. The maximum atomic E-state index is 12.3. The van der Waals surface area contributed by atoms with E-state index in [-0.39, 0.29) is 6.61 Å². The van der Waals surface area contributed by atoms with Gasteiger partial charge in [-0.25, -0.2) is 4.39 Å². The normalized spacial score (nSPS) is 15.5. The first-order chi connectivity index (χ1) is 6.14. The van der Waals surface area contributed by atoms with E-state index < -0.39 is 28.5 Å². The van der Waals surface area contributed by atoms with E-state index in [0.29, 0.717) is 0 Å². The van der Waals surface area contributed by atoms with E-state index in [1.807, 2.05) is 0 Å². The fourth-order valence-electron chi connectivity index (χ4n) is 0.688. The van der Waals surface area contributed by atoms with Crippen molar-refractivity contribution < 1.29 is 21.7 Å². The molecule has 0 N–H and O–H groups in total. The van der Waals surface area contributed by atoms with E-state index in [9.17, 15) is 12.8 Å². The molecule has 0 spiro atoms. The molecule has 0 heterocycles. The highest BCUT2D eigenvalue weighted by Gasteiger charge is 2.19. The maximum absolute atomic E-state index is 12.3. The summed E-state index contributed by atoms with van der Waals surface area (Å²) in [5.74, 6) is 0. The standard InChI is InChI=1S/C8H17FO4S/c1-8(2,3)12-6-7(5-9)13-14(4,10)11/h7H,5-6H2,1-4H3. The van der Waals surface area contributed by atoms with Gasteiger partial charge in [-0.05, 0) is 20.8 Å². The lowest BCUT2D eigenvalue weighted by Gasteiger charge is -2.22. The predicted octanol–water partition coefficient (Wildman–Crippen LogP) is 1.12. The van der Waals surface area contributed by atoms with Crippen LogP contribution in [0.25, 0.3) is 0 Å². The van der Waals surface area contributed by atoms with Crippen LogP contribution in [0.15, 0.2) is 0 Å². The number of ether oxygens (including phenoxy) is 1. The highest BCUT2D eigenvalue weighted by atomic mass is 32.2. The van der Waals surface area contributed by atoms with Gasteiger partial charge in [0.15, 0.2) is 0 Å². The second kappa shape index (κ2) is 5.04. The van der Waals surface area contributed by atoms with Gasteiger partial charge in [0.25, 0.3) is 10.1 Å². The van der Waals surface area contributed by atoms with Crippen molar-refractivity contribution in [2.45, 2.75) is 32.5 Å². The molecule has 14 heavy (non-hydrogen) atoms. The zero-order chi connectivity index (χ0) is 11.4. The summed E-state index contributed by atoms with van der Waals surface area (Å²) < 4.78 is 43.3. The molecule has 0 fully saturated rings. The maximum Gasteiger partial charge on any atom is 0.264 e. The second-order valence-corrected chi connectivity index (χ2v) is 5.60. The SMILES string of the molecule is CC(C)(C)OCC(CF)OS(C)(=O)=O. The van der Waals surface area contributed by atoms with Gasteiger partial charge in [0, 0.05) is 0 Å². The van der Waals surface area contributed by atoms with Gasteiger partial charge in [-0.15, -0.1) is 0 Å². The molecule has 1 atom stereocenters. The van der Waals surface area contributed by atoms with Gasteiger partial charge in [0.2, 0.25) is 0 Å². The van der Waals surface area contributed by atoms with E-state index in [0.717, 1.165) is 6.26 Å². The van der Waals surface area contributed by atoms with Crippen LogP contribution in [0.4, 0.5) is 4.39 Å². The van der Waals surface area contributed by atoms with Gasteiger partial charge in [0.05, 0.1) is 18.5 Å². The van der Waals surface area contributed by atoms with Crippen LogP contribution in [-0.4, -0.2) is 39.7 Å². The lowest BCUT2D eigenvalue weighted by molar-refractivity contribution is -0.0448. The Kier molecular flexibility index (Phi) is 4.97. The van der Waals surface area contributed by atoms with Crippen molar-refractivity contribution in [2.75, 3.05) is 19.5 Å². The first-order valence-corrected chi connectivity index (χ1v) is 6.04. The molecule has 0 bridgehead atoms. The highest BCUT2D eigenvalue weighted by Crippen LogP contribution is 2.09. The minimum atomic E-state index is -3.62. The molecule has 0 saturated heterocycles. The quantitative estimate of drug-likeness (QED) is 0.662. The summed E-state index contributed by atoms with van der Waals surface area (Å²) in [6.45, 7) is 4.42. The summed E-state index contributed by atoms with van der Waals surface area (Å²) in [6, 6.07) is 0. The Morgan fingerprint density at radius 3 is 2.14 bits per heavy atom. The molecule has 0 aliphatic carbocycles. The van der Waals surface area contributed by atoms with E-state index in [1.165, 1.54) is 0 Å². The molecule has 0 amide bonds. The van der Waals surface area contributed by atoms with Crippen LogP contribution in [-0.2, 0) is 19.0 Å². The average Bonchev–Trinajstić information content (AvgIpc) is 1.94. The Labute approximate surface area is 84.5 Å². The molecule has 0 radical (unpaired) electrons. The first-order valence-electron chi connectivity index (χ1n) is 4.22. The van der Waals surface area contributed by atoms with E-state index in [1.54, 1.807) is 20.8 Å². The van der Waals surface area contributed by atoms with E-state index >= 15 is 0 Å². The summed E-state index contributed by atoms with van der Waals surface area (Å²) in [6.07, 6.45) is -0.170.